The van der Waals surface area contributed by atoms with Gasteiger partial charge in [-0.1, -0.05) is 25.1 Å². The van der Waals surface area contributed by atoms with E-state index in [4.69, 9.17) is 10.5 Å². The number of benzene rings is 2. The van der Waals surface area contributed by atoms with Gasteiger partial charge in [0.15, 0.2) is 0 Å². The SMILES string of the molecule is CCC(N)c1ccccc1Oc1cc(F)ccc1Br. The molecule has 19 heavy (non-hydrogen) atoms. The summed E-state index contributed by atoms with van der Waals surface area (Å²) in [6.45, 7) is 2.01. The second-order valence-electron chi connectivity index (χ2n) is 4.23. The highest BCUT2D eigenvalue weighted by Gasteiger charge is 2.12. The standard InChI is InChI=1S/C15H15BrFNO/c1-2-13(18)11-5-3-4-6-14(11)19-15-9-10(17)7-8-12(15)16/h3-9,13H,2,18H2,1H3. The molecule has 0 aliphatic carbocycles. The van der Waals surface area contributed by atoms with Gasteiger partial charge in [-0.3, -0.25) is 0 Å². The second kappa shape index (κ2) is 6.17. The molecule has 2 nitrogen and oxygen atoms in total. The van der Waals surface area contributed by atoms with Crippen LogP contribution in [0.25, 0.3) is 0 Å². The minimum Gasteiger partial charge on any atom is -0.456 e. The summed E-state index contributed by atoms with van der Waals surface area (Å²) in [6, 6.07) is 11.8. The van der Waals surface area contributed by atoms with Crippen molar-refractivity contribution in [3.05, 3.63) is 58.3 Å². The predicted octanol–water partition coefficient (Wildman–Crippen LogP) is 4.79. The van der Waals surface area contributed by atoms with Gasteiger partial charge in [0, 0.05) is 17.7 Å². The molecule has 0 aliphatic rings. The molecule has 0 bridgehead atoms. The highest BCUT2D eigenvalue weighted by Crippen LogP contribution is 2.34. The zero-order valence-electron chi connectivity index (χ0n) is 10.6. The van der Waals surface area contributed by atoms with Crippen molar-refractivity contribution in [3.8, 4) is 11.5 Å². The van der Waals surface area contributed by atoms with Crippen LogP contribution in [0, 0.1) is 5.82 Å². The first kappa shape index (κ1) is 14.0. The van der Waals surface area contributed by atoms with Crippen LogP contribution in [0.5, 0.6) is 11.5 Å². The summed E-state index contributed by atoms with van der Waals surface area (Å²) >= 11 is 3.34. The third-order valence-corrected chi connectivity index (χ3v) is 3.53. The molecule has 2 rings (SSSR count). The van der Waals surface area contributed by atoms with Crippen molar-refractivity contribution >= 4 is 15.9 Å². The van der Waals surface area contributed by atoms with Crippen LogP contribution in [0.3, 0.4) is 0 Å². The lowest BCUT2D eigenvalue weighted by molar-refractivity contribution is 0.461. The number of nitrogens with two attached hydrogens (primary N) is 1. The van der Waals surface area contributed by atoms with Crippen LogP contribution in [0.15, 0.2) is 46.9 Å². The third kappa shape index (κ3) is 3.33. The van der Waals surface area contributed by atoms with Crippen LogP contribution in [-0.4, -0.2) is 0 Å². The van der Waals surface area contributed by atoms with Gasteiger partial charge < -0.3 is 10.5 Å². The topological polar surface area (TPSA) is 35.2 Å². The Labute approximate surface area is 120 Å². The Morgan fingerprint density at radius 1 is 1.21 bits per heavy atom. The fraction of sp³-hybridized carbons (Fsp3) is 0.200. The monoisotopic (exact) mass is 323 g/mol. The Bertz CT molecular complexity index is 574. The van der Waals surface area contributed by atoms with Gasteiger partial charge in [0.25, 0.3) is 0 Å². The largest absolute Gasteiger partial charge is 0.456 e. The maximum Gasteiger partial charge on any atom is 0.144 e. The van der Waals surface area contributed by atoms with Gasteiger partial charge in [-0.25, -0.2) is 4.39 Å². The molecule has 0 aromatic heterocycles. The quantitative estimate of drug-likeness (QED) is 0.877. The van der Waals surface area contributed by atoms with E-state index >= 15 is 0 Å². The average Bonchev–Trinajstić information content (AvgIpc) is 2.42. The summed E-state index contributed by atoms with van der Waals surface area (Å²) in [5, 5.41) is 0. The first-order chi connectivity index (χ1) is 9.11. The van der Waals surface area contributed by atoms with E-state index in [2.05, 4.69) is 15.9 Å². The molecule has 4 heteroatoms. The molecule has 0 fully saturated rings. The minimum absolute atomic E-state index is 0.0939. The summed E-state index contributed by atoms with van der Waals surface area (Å²) in [4.78, 5) is 0. The first-order valence-corrected chi connectivity index (χ1v) is 6.88. The van der Waals surface area contributed by atoms with Gasteiger partial charge in [-0.2, -0.15) is 0 Å². The Hall–Kier alpha value is -1.39. The van der Waals surface area contributed by atoms with E-state index < -0.39 is 0 Å². The van der Waals surface area contributed by atoms with Crippen molar-refractivity contribution in [1.82, 2.24) is 0 Å². The molecule has 0 amide bonds. The lowest BCUT2D eigenvalue weighted by atomic mass is 10.0. The van der Waals surface area contributed by atoms with Gasteiger partial charge >= 0.3 is 0 Å². The summed E-state index contributed by atoms with van der Waals surface area (Å²) in [7, 11) is 0. The van der Waals surface area contributed by atoms with Crippen LogP contribution in [0.4, 0.5) is 4.39 Å². The normalized spacial score (nSPS) is 12.2. The van der Waals surface area contributed by atoms with E-state index in [0.717, 1.165) is 12.0 Å². The molecule has 2 N–H and O–H groups in total. The molecule has 100 valence electrons. The zero-order valence-corrected chi connectivity index (χ0v) is 12.2. The van der Waals surface area contributed by atoms with Crippen molar-refractivity contribution in [3.63, 3.8) is 0 Å². The molecular weight excluding hydrogens is 309 g/mol. The van der Waals surface area contributed by atoms with Crippen LogP contribution in [0.2, 0.25) is 0 Å². The summed E-state index contributed by atoms with van der Waals surface area (Å²) in [5.41, 5.74) is 6.97. The number of ether oxygens (including phenoxy) is 1. The van der Waals surface area contributed by atoms with Crippen LogP contribution in [-0.2, 0) is 0 Å². The lowest BCUT2D eigenvalue weighted by Gasteiger charge is -2.16. The smallest absolute Gasteiger partial charge is 0.144 e. The Morgan fingerprint density at radius 2 is 1.95 bits per heavy atom. The number of hydrogen-bond acceptors (Lipinski definition) is 2. The van der Waals surface area contributed by atoms with Gasteiger partial charge in [0.2, 0.25) is 0 Å². The van der Waals surface area contributed by atoms with Crippen molar-refractivity contribution < 1.29 is 9.13 Å². The molecular formula is C15H15BrFNO. The highest BCUT2D eigenvalue weighted by molar-refractivity contribution is 9.10. The Morgan fingerprint density at radius 3 is 2.68 bits per heavy atom. The molecule has 0 saturated heterocycles. The summed E-state index contributed by atoms with van der Waals surface area (Å²) in [5.74, 6) is 0.759. The molecule has 0 heterocycles. The lowest BCUT2D eigenvalue weighted by Crippen LogP contribution is -2.09. The van der Waals surface area contributed by atoms with E-state index in [9.17, 15) is 4.39 Å². The fourth-order valence-corrected chi connectivity index (χ4v) is 2.10. The number of rotatable bonds is 4. The van der Waals surface area contributed by atoms with Crippen molar-refractivity contribution in [1.29, 1.82) is 0 Å². The highest BCUT2D eigenvalue weighted by atomic mass is 79.9. The van der Waals surface area contributed by atoms with E-state index in [-0.39, 0.29) is 11.9 Å². The zero-order chi connectivity index (χ0) is 13.8. The van der Waals surface area contributed by atoms with Gasteiger partial charge in [0.1, 0.15) is 17.3 Å². The van der Waals surface area contributed by atoms with Crippen LogP contribution < -0.4 is 10.5 Å². The van der Waals surface area contributed by atoms with Gasteiger partial charge in [-0.05, 0) is 40.5 Å². The third-order valence-electron chi connectivity index (χ3n) is 2.87. The van der Waals surface area contributed by atoms with E-state index in [1.807, 2.05) is 31.2 Å². The first-order valence-electron chi connectivity index (χ1n) is 6.09. The Kier molecular flexibility index (Phi) is 4.56. The van der Waals surface area contributed by atoms with Gasteiger partial charge in [-0.15, -0.1) is 0 Å². The maximum atomic E-state index is 13.2. The molecule has 0 spiro atoms. The van der Waals surface area contributed by atoms with Crippen molar-refractivity contribution in [2.45, 2.75) is 19.4 Å². The van der Waals surface area contributed by atoms with E-state index in [1.54, 1.807) is 6.07 Å². The minimum atomic E-state index is -0.338. The number of hydrogen-bond donors (Lipinski definition) is 1. The van der Waals surface area contributed by atoms with E-state index in [0.29, 0.717) is 16.0 Å². The molecule has 2 aromatic rings. The molecule has 2 aromatic carbocycles. The number of para-hydroxylation sites is 1. The summed E-state index contributed by atoms with van der Waals surface area (Å²) < 4.78 is 19.7. The molecule has 1 unspecified atom stereocenters. The maximum absolute atomic E-state index is 13.2. The van der Waals surface area contributed by atoms with Gasteiger partial charge in [0.05, 0.1) is 4.47 Å². The fourth-order valence-electron chi connectivity index (χ4n) is 1.77. The Balaban J connectivity index is 2.35. The molecule has 0 radical (unpaired) electrons. The second-order valence-corrected chi connectivity index (χ2v) is 5.08. The molecule has 0 aliphatic heterocycles. The number of halogens is 2. The predicted molar refractivity (Wildman–Crippen MR) is 77.8 cm³/mol. The summed E-state index contributed by atoms with van der Waals surface area (Å²) in [6.07, 6.45) is 0.810. The molecule has 0 saturated carbocycles. The van der Waals surface area contributed by atoms with Crippen molar-refractivity contribution in [2.75, 3.05) is 0 Å². The average molecular weight is 324 g/mol. The van der Waals surface area contributed by atoms with Crippen LogP contribution in [0.1, 0.15) is 24.9 Å². The van der Waals surface area contributed by atoms with E-state index in [1.165, 1.54) is 12.1 Å². The van der Waals surface area contributed by atoms with Crippen LogP contribution >= 0.6 is 15.9 Å². The molecule has 1 atom stereocenters. The van der Waals surface area contributed by atoms with Crippen molar-refractivity contribution in [2.24, 2.45) is 5.73 Å².